The van der Waals surface area contributed by atoms with Crippen LogP contribution in [0.15, 0.2) is 16.9 Å². The number of aromatic nitrogens is 1. The van der Waals surface area contributed by atoms with Gasteiger partial charge < -0.3 is 15.6 Å². The van der Waals surface area contributed by atoms with Gasteiger partial charge in [0.05, 0.1) is 11.0 Å². The van der Waals surface area contributed by atoms with Crippen molar-refractivity contribution in [2.75, 3.05) is 0 Å². The Kier molecular flexibility index (Phi) is 4.23. The predicted molar refractivity (Wildman–Crippen MR) is 59.5 cm³/mol. The van der Waals surface area contributed by atoms with Crippen LogP contribution in [0.1, 0.15) is 30.3 Å². The molecule has 0 fully saturated rings. The first-order chi connectivity index (χ1) is 7.15. The van der Waals surface area contributed by atoms with Gasteiger partial charge >= 0.3 is 0 Å². The number of hydrogen-bond donors (Lipinski definition) is 2. The number of thiocarbonyl (C=S) groups is 1. The van der Waals surface area contributed by atoms with Gasteiger partial charge in [-0.1, -0.05) is 30.7 Å². The van der Waals surface area contributed by atoms with Crippen molar-refractivity contribution in [2.24, 2.45) is 5.73 Å². The third kappa shape index (κ3) is 3.32. The monoisotopic (exact) mass is 227 g/mol. The average Bonchev–Trinajstić information content (AvgIpc) is 2.69. The Hall–Kier alpha value is -1.43. The highest BCUT2D eigenvalue weighted by Gasteiger charge is 2.16. The van der Waals surface area contributed by atoms with E-state index in [1.165, 1.54) is 12.3 Å². The molecular weight excluding hydrogens is 214 g/mol. The topological polar surface area (TPSA) is 81.2 Å². The van der Waals surface area contributed by atoms with Crippen LogP contribution >= 0.6 is 12.2 Å². The molecule has 0 bridgehead atoms. The number of amides is 1. The minimum atomic E-state index is -0.324. The lowest BCUT2D eigenvalue weighted by Gasteiger charge is -2.15. The summed E-state index contributed by atoms with van der Waals surface area (Å²) < 4.78 is 4.56. The second-order valence-corrected chi connectivity index (χ2v) is 3.57. The summed E-state index contributed by atoms with van der Waals surface area (Å²) in [7, 11) is 0. The Balaban J connectivity index is 2.59. The van der Waals surface area contributed by atoms with E-state index in [0.717, 1.165) is 12.8 Å². The summed E-state index contributed by atoms with van der Waals surface area (Å²) in [6.07, 6.45) is 2.95. The van der Waals surface area contributed by atoms with Crippen molar-refractivity contribution in [2.45, 2.75) is 25.8 Å². The number of hydrogen-bond acceptors (Lipinski definition) is 4. The average molecular weight is 227 g/mol. The fraction of sp³-hybridized carbons (Fsp3) is 0.444. The van der Waals surface area contributed by atoms with Crippen molar-refractivity contribution >= 4 is 23.1 Å². The molecule has 0 aromatic carbocycles. The maximum absolute atomic E-state index is 11.5. The lowest BCUT2D eigenvalue weighted by atomic mass is 10.1. The van der Waals surface area contributed by atoms with E-state index in [4.69, 9.17) is 18.0 Å². The number of carbonyl (C=O) groups excluding carboxylic acids is 1. The second-order valence-electron chi connectivity index (χ2n) is 3.10. The number of carbonyl (C=O) groups is 1. The van der Waals surface area contributed by atoms with Crippen molar-refractivity contribution in [3.8, 4) is 0 Å². The van der Waals surface area contributed by atoms with Crippen LogP contribution in [0, 0.1) is 0 Å². The Morgan fingerprint density at radius 3 is 3.00 bits per heavy atom. The first-order valence-electron chi connectivity index (χ1n) is 4.65. The molecule has 82 valence electrons. The summed E-state index contributed by atoms with van der Waals surface area (Å²) in [5.74, 6) is -0.324. The van der Waals surface area contributed by atoms with Gasteiger partial charge in [0.25, 0.3) is 5.91 Å². The fourth-order valence-corrected chi connectivity index (χ4v) is 1.31. The van der Waals surface area contributed by atoms with Gasteiger partial charge in [0.1, 0.15) is 6.26 Å². The summed E-state index contributed by atoms with van der Waals surface area (Å²) in [5, 5.41) is 6.21. The molecule has 1 amide bonds. The zero-order valence-electron chi connectivity index (χ0n) is 8.40. The standard InChI is InChI=1S/C9H13N3O2S/c1-2-3-6(8(10)15)11-9(13)7-4-5-14-12-7/h4-6H,2-3H2,1H3,(H2,10,15)(H,11,13). The largest absolute Gasteiger partial charge is 0.392 e. The van der Waals surface area contributed by atoms with E-state index in [1.54, 1.807) is 0 Å². The highest BCUT2D eigenvalue weighted by Crippen LogP contribution is 2.00. The molecule has 0 saturated heterocycles. The number of nitrogens with one attached hydrogen (secondary N) is 1. The zero-order valence-corrected chi connectivity index (χ0v) is 9.21. The van der Waals surface area contributed by atoms with Crippen LogP contribution in [-0.4, -0.2) is 22.1 Å². The SMILES string of the molecule is CCCC(NC(=O)c1ccon1)C(N)=S. The van der Waals surface area contributed by atoms with Crippen molar-refractivity contribution < 1.29 is 9.32 Å². The Morgan fingerprint density at radius 1 is 1.80 bits per heavy atom. The molecule has 0 aliphatic rings. The van der Waals surface area contributed by atoms with E-state index >= 15 is 0 Å². The van der Waals surface area contributed by atoms with Gasteiger partial charge in [-0.15, -0.1) is 0 Å². The van der Waals surface area contributed by atoms with Crippen LogP contribution in [0.2, 0.25) is 0 Å². The molecule has 0 spiro atoms. The fourth-order valence-electron chi connectivity index (χ4n) is 1.14. The van der Waals surface area contributed by atoms with Crippen molar-refractivity contribution in [3.05, 3.63) is 18.0 Å². The molecule has 1 aromatic heterocycles. The molecule has 3 N–H and O–H groups in total. The number of nitrogens with zero attached hydrogens (tertiary/aromatic N) is 1. The second kappa shape index (κ2) is 5.45. The maximum Gasteiger partial charge on any atom is 0.274 e. The van der Waals surface area contributed by atoms with Gasteiger partial charge in [-0.25, -0.2) is 0 Å². The third-order valence-electron chi connectivity index (χ3n) is 1.90. The maximum atomic E-state index is 11.5. The van der Waals surface area contributed by atoms with Gasteiger partial charge in [-0.3, -0.25) is 4.79 Å². The summed E-state index contributed by atoms with van der Waals surface area (Å²) in [6, 6.07) is 1.20. The third-order valence-corrected chi connectivity index (χ3v) is 2.18. The molecule has 1 rings (SSSR count). The molecule has 6 heteroatoms. The van der Waals surface area contributed by atoms with E-state index in [0.29, 0.717) is 0 Å². The van der Waals surface area contributed by atoms with Gasteiger partial charge in [-0.05, 0) is 6.42 Å². The molecule has 0 aliphatic heterocycles. The van der Waals surface area contributed by atoms with Crippen molar-refractivity contribution in [1.29, 1.82) is 0 Å². The summed E-state index contributed by atoms with van der Waals surface area (Å²) in [5.41, 5.74) is 5.73. The van der Waals surface area contributed by atoms with E-state index in [9.17, 15) is 4.79 Å². The Morgan fingerprint density at radius 2 is 2.53 bits per heavy atom. The van der Waals surface area contributed by atoms with Crippen LogP contribution < -0.4 is 11.1 Å². The summed E-state index contributed by atoms with van der Waals surface area (Å²) >= 11 is 4.85. The lowest BCUT2D eigenvalue weighted by molar-refractivity contribution is 0.0936. The van der Waals surface area contributed by atoms with E-state index in [1.807, 2.05) is 6.92 Å². The molecule has 1 unspecified atom stereocenters. The normalized spacial score (nSPS) is 12.1. The van der Waals surface area contributed by atoms with E-state index < -0.39 is 0 Å². The van der Waals surface area contributed by atoms with Gasteiger partial charge in [-0.2, -0.15) is 0 Å². The lowest BCUT2D eigenvalue weighted by Crippen LogP contribution is -2.43. The smallest absolute Gasteiger partial charge is 0.274 e. The van der Waals surface area contributed by atoms with Crippen LogP contribution in [0.4, 0.5) is 0 Å². The van der Waals surface area contributed by atoms with Crippen molar-refractivity contribution in [3.63, 3.8) is 0 Å². The van der Waals surface area contributed by atoms with E-state index in [2.05, 4.69) is 15.0 Å². The first-order valence-corrected chi connectivity index (χ1v) is 5.06. The molecule has 1 heterocycles. The molecule has 1 atom stereocenters. The highest BCUT2D eigenvalue weighted by atomic mass is 32.1. The van der Waals surface area contributed by atoms with Crippen LogP contribution in [0.25, 0.3) is 0 Å². The molecule has 15 heavy (non-hydrogen) atoms. The summed E-state index contributed by atoms with van der Waals surface area (Å²) in [4.78, 5) is 11.8. The van der Waals surface area contributed by atoms with Crippen LogP contribution in [-0.2, 0) is 0 Å². The molecule has 5 nitrogen and oxygen atoms in total. The van der Waals surface area contributed by atoms with Crippen LogP contribution in [0.5, 0.6) is 0 Å². The predicted octanol–water partition coefficient (Wildman–Crippen LogP) is 0.859. The first kappa shape index (κ1) is 11.6. The number of nitrogens with two attached hydrogens (primary N) is 1. The van der Waals surface area contributed by atoms with Gasteiger partial charge in [0, 0.05) is 6.07 Å². The van der Waals surface area contributed by atoms with E-state index in [-0.39, 0.29) is 22.6 Å². The highest BCUT2D eigenvalue weighted by molar-refractivity contribution is 7.80. The van der Waals surface area contributed by atoms with Gasteiger partial charge in [0.2, 0.25) is 0 Å². The minimum Gasteiger partial charge on any atom is -0.392 e. The van der Waals surface area contributed by atoms with Crippen LogP contribution in [0.3, 0.4) is 0 Å². The van der Waals surface area contributed by atoms with Gasteiger partial charge in [0.15, 0.2) is 5.69 Å². The number of rotatable bonds is 5. The summed E-state index contributed by atoms with van der Waals surface area (Å²) in [6.45, 7) is 1.99. The molecule has 1 aromatic rings. The van der Waals surface area contributed by atoms with Crippen molar-refractivity contribution in [1.82, 2.24) is 10.5 Å². The molecule has 0 aliphatic carbocycles. The zero-order chi connectivity index (χ0) is 11.3. The molecule has 0 saturated carbocycles. The quantitative estimate of drug-likeness (QED) is 0.729. The Labute approximate surface area is 93.0 Å². The molecule has 0 radical (unpaired) electrons. The Bertz CT molecular complexity index is 337. The molecular formula is C9H13N3O2S. The minimum absolute atomic E-state index is 0.229.